The van der Waals surface area contributed by atoms with Crippen LogP contribution in [0.3, 0.4) is 0 Å². The van der Waals surface area contributed by atoms with Crippen molar-refractivity contribution in [2.75, 3.05) is 0 Å². The number of aryl methyl sites for hydroxylation is 1. The van der Waals surface area contributed by atoms with Gasteiger partial charge < -0.3 is 10.3 Å². The molecule has 26 heavy (non-hydrogen) atoms. The van der Waals surface area contributed by atoms with E-state index in [-0.39, 0.29) is 23.6 Å². The molecule has 0 fully saturated rings. The molecular weight excluding hydrogens is 326 g/mol. The Balaban J connectivity index is 1.74. The van der Waals surface area contributed by atoms with E-state index in [4.69, 9.17) is 0 Å². The van der Waals surface area contributed by atoms with Gasteiger partial charge in [0.2, 0.25) is 0 Å². The van der Waals surface area contributed by atoms with Crippen LogP contribution in [0.1, 0.15) is 64.7 Å². The number of aromatic amines is 2. The van der Waals surface area contributed by atoms with Gasteiger partial charge in [0.15, 0.2) is 0 Å². The number of nitrogens with one attached hydrogen (secondary N) is 3. The minimum Gasteiger partial charge on any atom is -0.345 e. The van der Waals surface area contributed by atoms with Crippen molar-refractivity contribution in [3.63, 3.8) is 0 Å². The number of benzene rings is 1. The molecule has 3 atom stereocenters. The molecule has 3 aromatic rings. The van der Waals surface area contributed by atoms with Crippen molar-refractivity contribution in [2.24, 2.45) is 0 Å². The van der Waals surface area contributed by atoms with E-state index in [0.717, 1.165) is 47.6 Å². The lowest BCUT2D eigenvalue weighted by molar-refractivity contribution is 0.331. The lowest BCUT2D eigenvalue weighted by Crippen LogP contribution is -2.42. The Bertz CT molecular complexity index is 1010. The normalized spacial score (nSPS) is 24.3. The number of H-pyrrole nitrogens is 2. The largest absolute Gasteiger partial charge is 0.345 e. The summed E-state index contributed by atoms with van der Waals surface area (Å²) >= 11 is 0. The van der Waals surface area contributed by atoms with Crippen molar-refractivity contribution in [2.45, 2.75) is 44.2 Å². The molecule has 2 aromatic heterocycles. The molecule has 5 rings (SSSR count). The number of imidazole rings is 1. The van der Waals surface area contributed by atoms with Gasteiger partial charge in [0, 0.05) is 35.1 Å². The molecular formula is C20H21N5O. The SMILES string of the molecule is Cc1cnc(C2c3n[nH]c(=O)c4c3C(CCC4)NC2c2ccccc2)[nH]1. The van der Waals surface area contributed by atoms with Crippen molar-refractivity contribution in [3.05, 3.63) is 80.8 Å². The van der Waals surface area contributed by atoms with E-state index in [1.54, 1.807) is 0 Å². The molecule has 3 unspecified atom stereocenters. The van der Waals surface area contributed by atoms with Gasteiger partial charge in [-0.3, -0.25) is 4.79 Å². The maximum atomic E-state index is 12.3. The fourth-order valence-electron chi connectivity index (χ4n) is 4.48. The second kappa shape index (κ2) is 5.92. The minimum absolute atomic E-state index is 0.0530. The predicted octanol–water partition coefficient (Wildman–Crippen LogP) is 2.66. The van der Waals surface area contributed by atoms with Crippen LogP contribution in [-0.2, 0) is 6.42 Å². The zero-order valence-corrected chi connectivity index (χ0v) is 14.6. The molecule has 132 valence electrons. The van der Waals surface area contributed by atoms with E-state index in [9.17, 15) is 4.79 Å². The summed E-state index contributed by atoms with van der Waals surface area (Å²) in [5.74, 6) is 0.820. The highest BCUT2D eigenvalue weighted by Gasteiger charge is 2.42. The van der Waals surface area contributed by atoms with Crippen LogP contribution in [0.2, 0.25) is 0 Å². The summed E-state index contributed by atoms with van der Waals surface area (Å²) in [6.07, 6.45) is 4.71. The molecule has 3 N–H and O–H groups in total. The van der Waals surface area contributed by atoms with Crippen molar-refractivity contribution in [1.29, 1.82) is 0 Å². The fraction of sp³-hybridized carbons (Fsp3) is 0.350. The molecule has 0 saturated heterocycles. The number of nitrogens with zero attached hydrogens (tertiary/aromatic N) is 2. The molecule has 1 aliphatic heterocycles. The van der Waals surface area contributed by atoms with Gasteiger partial charge in [-0.05, 0) is 31.7 Å². The summed E-state index contributed by atoms with van der Waals surface area (Å²) in [6.45, 7) is 2.00. The number of aromatic nitrogens is 4. The highest BCUT2D eigenvalue weighted by atomic mass is 16.1. The Morgan fingerprint density at radius 2 is 2.04 bits per heavy atom. The molecule has 0 saturated carbocycles. The molecule has 0 amide bonds. The van der Waals surface area contributed by atoms with E-state index >= 15 is 0 Å². The van der Waals surface area contributed by atoms with Gasteiger partial charge in [-0.2, -0.15) is 5.10 Å². The maximum Gasteiger partial charge on any atom is 0.267 e. The number of hydrogen-bond acceptors (Lipinski definition) is 4. The molecule has 0 bridgehead atoms. The van der Waals surface area contributed by atoms with Crippen LogP contribution < -0.4 is 10.9 Å². The Hall–Kier alpha value is -2.73. The third-order valence-electron chi connectivity index (χ3n) is 5.61. The summed E-state index contributed by atoms with van der Waals surface area (Å²) in [5, 5.41) is 11.1. The smallest absolute Gasteiger partial charge is 0.267 e. The number of rotatable bonds is 2. The Kier molecular flexibility index (Phi) is 3.53. The van der Waals surface area contributed by atoms with Gasteiger partial charge >= 0.3 is 0 Å². The van der Waals surface area contributed by atoms with Gasteiger partial charge in [0.1, 0.15) is 5.82 Å². The van der Waals surface area contributed by atoms with Crippen LogP contribution in [0.5, 0.6) is 0 Å². The fourth-order valence-corrected chi connectivity index (χ4v) is 4.48. The molecule has 0 radical (unpaired) electrons. The summed E-state index contributed by atoms with van der Waals surface area (Å²) in [7, 11) is 0. The Labute approximate surface area is 151 Å². The average Bonchev–Trinajstić information content (AvgIpc) is 3.10. The monoisotopic (exact) mass is 347 g/mol. The third kappa shape index (κ3) is 2.33. The highest BCUT2D eigenvalue weighted by Crippen LogP contribution is 2.46. The average molecular weight is 347 g/mol. The zero-order valence-electron chi connectivity index (χ0n) is 14.6. The van der Waals surface area contributed by atoms with Crippen LogP contribution in [0.25, 0.3) is 0 Å². The quantitative estimate of drug-likeness (QED) is 0.665. The number of hydrogen-bond donors (Lipinski definition) is 3. The lowest BCUT2D eigenvalue weighted by atomic mass is 9.76. The first-order valence-electron chi connectivity index (χ1n) is 9.16. The molecule has 2 aliphatic rings. The van der Waals surface area contributed by atoms with E-state index < -0.39 is 0 Å². The van der Waals surface area contributed by atoms with Crippen molar-refractivity contribution >= 4 is 0 Å². The summed E-state index contributed by atoms with van der Waals surface area (Å²) in [4.78, 5) is 20.3. The first-order valence-corrected chi connectivity index (χ1v) is 9.16. The zero-order chi connectivity index (χ0) is 17.7. The molecule has 6 heteroatoms. The summed E-state index contributed by atoms with van der Waals surface area (Å²) in [5.41, 5.74) is 5.10. The van der Waals surface area contributed by atoms with E-state index in [1.165, 1.54) is 5.56 Å². The van der Waals surface area contributed by atoms with Gasteiger partial charge in [-0.15, -0.1) is 0 Å². The second-order valence-electron chi connectivity index (χ2n) is 7.26. The summed E-state index contributed by atoms with van der Waals surface area (Å²) < 4.78 is 0. The summed E-state index contributed by atoms with van der Waals surface area (Å²) in [6, 6.07) is 10.7. The second-order valence-corrected chi connectivity index (χ2v) is 7.26. The van der Waals surface area contributed by atoms with Crippen LogP contribution in [0.4, 0.5) is 0 Å². The van der Waals surface area contributed by atoms with E-state index in [1.807, 2.05) is 19.2 Å². The lowest BCUT2D eigenvalue weighted by Gasteiger charge is -2.40. The van der Waals surface area contributed by atoms with Crippen LogP contribution in [0, 0.1) is 6.92 Å². The van der Waals surface area contributed by atoms with Gasteiger partial charge in [0.25, 0.3) is 5.56 Å². The Morgan fingerprint density at radius 3 is 2.81 bits per heavy atom. The molecule has 6 nitrogen and oxygen atoms in total. The first-order chi connectivity index (χ1) is 12.7. The van der Waals surface area contributed by atoms with Crippen molar-refractivity contribution < 1.29 is 0 Å². The van der Waals surface area contributed by atoms with Crippen LogP contribution in [-0.4, -0.2) is 20.2 Å². The maximum absolute atomic E-state index is 12.3. The Morgan fingerprint density at radius 1 is 1.19 bits per heavy atom. The van der Waals surface area contributed by atoms with Crippen molar-refractivity contribution in [1.82, 2.24) is 25.5 Å². The minimum atomic E-state index is -0.0638. The molecule has 1 aliphatic carbocycles. The first kappa shape index (κ1) is 15.5. The molecule has 1 aromatic carbocycles. The highest BCUT2D eigenvalue weighted by molar-refractivity contribution is 5.43. The van der Waals surface area contributed by atoms with Gasteiger partial charge in [-0.1, -0.05) is 30.3 Å². The molecule has 3 heterocycles. The van der Waals surface area contributed by atoms with E-state index in [0.29, 0.717) is 0 Å². The van der Waals surface area contributed by atoms with E-state index in [2.05, 4.69) is 49.7 Å². The topological polar surface area (TPSA) is 86.5 Å². The standard InChI is InChI=1S/C20H21N5O/c1-11-10-21-19(22-11)16-17(12-6-3-2-4-7-12)23-14-9-5-8-13-15(14)18(16)24-25-20(13)26/h2-4,6-7,10,14,16-17,23H,5,8-9H2,1H3,(H,21,22)(H,25,26). The van der Waals surface area contributed by atoms with Crippen LogP contribution in [0.15, 0.2) is 41.3 Å². The third-order valence-corrected chi connectivity index (χ3v) is 5.61. The van der Waals surface area contributed by atoms with Crippen LogP contribution >= 0.6 is 0 Å². The van der Waals surface area contributed by atoms with Crippen molar-refractivity contribution in [3.8, 4) is 0 Å². The van der Waals surface area contributed by atoms with Gasteiger partial charge in [-0.25, -0.2) is 10.1 Å². The van der Waals surface area contributed by atoms with Gasteiger partial charge in [0.05, 0.1) is 11.6 Å². The molecule has 0 spiro atoms. The predicted molar refractivity (Wildman–Crippen MR) is 98.0 cm³/mol.